The molecule has 1 aliphatic rings. The summed E-state index contributed by atoms with van der Waals surface area (Å²) in [6, 6.07) is 8.15. The summed E-state index contributed by atoms with van der Waals surface area (Å²) in [6.45, 7) is 10.6. The Bertz CT molecular complexity index is 817. The molecule has 1 heterocycles. The van der Waals surface area contributed by atoms with Crippen molar-refractivity contribution in [3.05, 3.63) is 65.4 Å². The lowest BCUT2D eigenvalue weighted by Crippen LogP contribution is -2.23. The van der Waals surface area contributed by atoms with Gasteiger partial charge in [0.15, 0.2) is 0 Å². The molecule has 0 saturated carbocycles. The average Bonchev–Trinajstić information content (AvgIpc) is 2.95. The number of carbonyl (C=O) groups excluding carboxylic acids is 1. The Morgan fingerprint density at radius 1 is 0.795 bits per heavy atom. The number of hydrogen-bond donors (Lipinski definition) is 4. The number of amides is 1. The van der Waals surface area contributed by atoms with Crippen molar-refractivity contribution in [2.75, 3.05) is 51.2 Å². The van der Waals surface area contributed by atoms with Crippen molar-refractivity contribution in [1.82, 2.24) is 16.0 Å². The number of unbranched alkanes of at least 4 members (excludes halogenated alkanes) is 5. The van der Waals surface area contributed by atoms with Gasteiger partial charge in [0.1, 0.15) is 0 Å². The molecule has 0 spiro atoms. The minimum absolute atomic E-state index is 0.843. The standard InChI is InChI=1S/C18H21NO.C15H36N4/c1-3-8-15-11-7-12-16-10-5-6-13-18(16)19(14-20)17(15)9-4-2;1-17-11-6-7-13-19-15-9-8-14-18-12-5-3-2-4-10-16/h3-6,8-10,13-14H,7,11-12H2,1-2H3;17-19H,2-16H2,1H3/b8-3-,9-4-,17-15-;. The van der Waals surface area contributed by atoms with Crippen LogP contribution in [0.15, 0.2) is 59.8 Å². The number of carbonyl (C=O) groups is 1. The molecule has 5 N–H and O–H groups in total. The molecule has 0 atom stereocenters. The SMILES string of the molecule is CNCCCCNCCCCNCCCCCCN.C\C=C/C1=C(\C=C/C)N(C=O)c2ccccc2CCC1. The molecule has 1 aromatic carbocycles. The number of anilines is 1. The van der Waals surface area contributed by atoms with Crippen LogP contribution in [-0.2, 0) is 11.2 Å². The van der Waals surface area contributed by atoms with Crippen LogP contribution in [0.2, 0.25) is 0 Å². The van der Waals surface area contributed by atoms with E-state index in [-0.39, 0.29) is 0 Å². The van der Waals surface area contributed by atoms with Gasteiger partial charge < -0.3 is 21.7 Å². The lowest BCUT2D eigenvalue weighted by atomic mass is 9.97. The maximum atomic E-state index is 11.7. The smallest absolute Gasteiger partial charge is 0.218 e. The minimum atomic E-state index is 0.843. The first-order valence-electron chi connectivity index (χ1n) is 15.3. The number of hydrogen-bond acceptors (Lipinski definition) is 5. The third-order valence-electron chi connectivity index (χ3n) is 6.82. The molecule has 0 radical (unpaired) electrons. The van der Waals surface area contributed by atoms with Gasteiger partial charge in [0.2, 0.25) is 6.41 Å². The number of rotatable bonds is 19. The zero-order valence-electron chi connectivity index (χ0n) is 25.1. The van der Waals surface area contributed by atoms with Gasteiger partial charge in [-0.3, -0.25) is 9.69 Å². The topological polar surface area (TPSA) is 82.4 Å². The van der Waals surface area contributed by atoms with Crippen molar-refractivity contribution in [3.8, 4) is 0 Å². The van der Waals surface area contributed by atoms with E-state index in [4.69, 9.17) is 5.73 Å². The van der Waals surface area contributed by atoms with E-state index in [9.17, 15) is 4.79 Å². The molecule has 1 amide bonds. The van der Waals surface area contributed by atoms with E-state index in [1.165, 1.54) is 75.6 Å². The Kier molecular flexibility index (Phi) is 22.1. The summed E-state index contributed by atoms with van der Waals surface area (Å²) >= 11 is 0. The molecule has 0 bridgehead atoms. The normalized spacial score (nSPS) is 15.6. The summed E-state index contributed by atoms with van der Waals surface area (Å²) in [5.74, 6) is 0. The van der Waals surface area contributed by atoms with E-state index < -0.39 is 0 Å². The lowest BCUT2D eigenvalue weighted by molar-refractivity contribution is -0.107. The zero-order valence-corrected chi connectivity index (χ0v) is 25.1. The van der Waals surface area contributed by atoms with E-state index in [0.717, 1.165) is 63.2 Å². The predicted octanol–water partition coefficient (Wildman–Crippen LogP) is 5.86. The maximum absolute atomic E-state index is 11.7. The lowest BCUT2D eigenvalue weighted by Gasteiger charge is -2.26. The van der Waals surface area contributed by atoms with Gasteiger partial charge in [0.25, 0.3) is 0 Å². The van der Waals surface area contributed by atoms with E-state index in [2.05, 4.69) is 28.1 Å². The van der Waals surface area contributed by atoms with Gasteiger partial charge in [-0.1, -0.05) is 49.3 Å². The highest BCUT2D eigenvalue weighted by molar-refractivity contribution is 5.83. The summed E-state index contributed by atoms with van der Waals surface area (Å²) < 4.78 is 0. The van der Waals surface area contributed by atoms with Crippen LogP contribution in [0, 0.1) is 0 Å². The molecule has 0 fully saturated rings. The second-order valence-corrected chi connectivity index (χ2v) is 10.1. The second-order valence-electron chi connectivity index (χ2n) is 10.1. The summed E-state index contributed by atoms with van der Waals surface area (Å²) in [4.78, 5) is 13.4. The van der Waals surface area contributed by atoms with Crippen molar-refractivity contribution < 1.29 is 4.79 Å². The molecule has 0 aromatic heterocycles. The highest BCUT2D eigenvalue weighted by atomic mass is 16.1. The number of benzene rings is 1. The van der Waals surface area contributed by atoms with E-state index in [0.29, 0.717) is 0 Å². The molecule has 39 heavy (non-hydrogen) atoms. The van der Waals surface area contributed by atoms with Crippen LogP contribution >= 0.6 is 0 Å². The van der Waals surface area contributed by atoms with Crippen molar-refractivity contribution in [2.45, 2.75) is 84.5 Å². The Balaban J connectivity index is 0.000000391. The van der Waals surface area contributed by atoms with E-state index in [1.807, 2.05) is 57.3 Å². The highest BCUT2D eigenvalue weighted by Crippen LogP contribution is 2.31. The molecule has 0 saturated heterocycles. The van der Waals surface area contributed by atoms with E-state index in [1.54, 1.807) is 4.90 Å². The third kappa shape index (κ3) is 15.8. The van der Waals surface area contributed by atoms with Gasteiger partial charge in [-0.15, -0.1) is 0 Å². The monoisotopic (exact) mass is 539 g/mol. The van der Waals surface area contributed by atoms with Crippen LogP contribution in [0.5, 0.6) is 0 Å². The Morgan fingerprint density at radius 2 is 1.38 bits per heavy atom. The van der Waals surface area contributed by atoms with Crippen LogP contribution in [0.3, 0.4) is 0 Å². The van der Waals surface area contributed by atoms with E-state index >= 15 is 0 Å². The molecule has 1 aromatic rings. The fourth-order valence-corrected chi connectivity index (χ4v) is 4.72. The Morgan fingerprint density at radius 3 is 1.97 bits per heavy atom. The van der Waals surface area contributed by atoms with Gasteiger partial charge in [-0.2, -0.15) is 0 Å². The minimum Gasteiger partial charge on any atom is -0.330 e. The third-order valence-corrected chi connectivity index (χ3v) is 6.82. The summed E-state index contributed by atoms with van der Waals surface area (Å²) in [5.41, 5.74) is 9.89. The quantitative estimate of drug-likeness (QED) is 0.131. The molecular weight excluding hydrogens is 482 g/mol. The fourth-order valence-electron chi connectivity index (χ4n) is 4.72. The van der Waals surface area contributed by atoms with Crippen molar-refractivity contribution in [3.63, 3.8) is 0 Å². The van der Waals surface area contributed by atoms with Gasteiger partial charge in [0.05, 0.1) is 11.4 Å². The molecule has 0 unspecified atom stereocenters. The Hall–Kier alpha value is -2.25. The second kappa shape index (κ2) is 24.8. The number of fused-ring (bicyclic) bond motifs is 1. The molecule has 0 aliphatic carbocycles. The van der Waals surface area contributed by atoms with Gasteiger partial charge >= 0.3 is 0 Å². The number of allylic oxidation sites excluding steroid dienone is 5. The van der Waals surface area contributed by atoms with Gasteiger partial charge in [0, 0.05) is 0 Å². The van der Waals surface area contributed by atoms with Crippen molar-refractivity contribution in [1.29, 1.82) is 0 Å². The molecule has 220 valence electrons. The molecule has 1 aliphatic heterocycles. The summed E-state index contributed by atoms with van der Waals surface area (Å²) in [7, 11) is 2.01. The maximum Gasteiger partial charge on any atom is 0.218 e. The number of nitrogens with two attached hydrogens (primary N) is 1. The van der Waals surface area contributed by atoms with Crippen molar-refractivity contribution >= 4 is 12.1 Å². The van der Waals surface area contributed by atoms with Crippen LogP contribution in [0.4, 0.5) is 5.69 Å². The summed E-state index contributed by atoms with van der Waals surface area (Å²) in [6.07, 6.45) is 22.4. The van der Waals surface area contributed by atoms with Crippen LogP contribution in [0.1, 0.15) is 83.6 Å². The molecule has 6 nitrogen and oxygen atoms in total. The van der Waals surface area contributed by atoms with Crippen LogP contribution < -0.4 is 26.6 Å². The van der Waals surface area contributed by atoms with Gasteiger partial charge in [-0.05, 0) is 141 Å². The largest absolute Gasteiger partial charge is 0.330 e. The first kappa shape index (κ1) is 34.8. The number of aryl methyl sites for hydroxylation is 1. The highest BCUT2D eigenvalue weighted by Gasteiger charge is 2.18. The molecular formula is C33H57N5O. The van der Waals surface area contributed by atoms with Gasteiger partial charge in [-0.25, -0.2) is 0 Å². The summed E-state index contributed by atoms with van der Waals surface area (Å²) in [5, 5.41) is 10.2. The number of nitrogens with zero attached hydrogens (tertiary/aromatic N) is 1. The van der Waals surface area contributed by atoms with Crippen molar-refractivity contribution in [2.24, 2.45) is 5.73 Å². The number of para-hydroxylation sites is 1. The first-order valence-corrected chi connectivity index (χ1v) is 15.3. The van der Waals surface area contributed by atoms with Crippen LogP contribution in [0.25, 0.3) is 0 Å². The fraction of sp³-hybridized carbons (Fsp3) is 0.606. The Labute approximate surface area is 239 Å². The average molecular weight is 540 g/mol. The molecule has 2 rings (SSSR count). The predicted molar refractivity (Wildman–Crippen MR) is 170 cm³/mol. The zero-order chi connectivity index (χ0) is 28.4. The first-order chi connectivity index (χ1) is 19.2. The number of nitrogens with one attached hydrogen (secondary N) is 3. The van der Waals surface area contributed by atoms with Crippen LogP contribution in [-0.4, -0.2) is 52.7 Å². The molecule has 6 heteroatoms.